The molecule has 2 aromatic rings. The van der Waals surface area contributed by atoms with E-state index in [1.54, 1.807) is 30.3 Å². The molecule has 0 aliphatic carbocycles. The van der Waals surface area contributed by atoms with Crippen molar-refractivity contribution in [2.45, 2.75) is 0 Å². The molecular weight excluding hydrogens is 232 g/mol. The maximum Gasteiger partial charge on any atom is 0.357 e. The van der Waals surface area contributed by atoms with Gasteiger partial charge in [0.1, 0.15) is 17.7 Å². The maximum absolute atomic E-state index is 11.0. The van der Waals surface area contributed by atoms with Gasteiger partial charge in [-0.05, 0) is 17.7 Å². The minimum atomic E-state index is -1.17. The Balaban J connectivity index is 2.77. The summed E-state index contributed by atoms with van der Waals surface area (Å²) in [7, 11) is 0. The quantitative estimate of drug-likeness (QED) is 0.772. The van der Waals surface area contributed by atoms with Gasteiger partial charge in [-0.25, -0.2) is 4.79 Å². The van der Waals surface area contributed by atoms with Crippen LogP contribution in [0.3, 0.4) is 0 Å². The number of aromatic carboxylic acids is 1. The summed E-state index contributed by atoms with van der Waals surface area (Å²) in [5.74, 6) is -1.17. The second-order valence-corrected chi connectivity index (χ2v) is 3.43. The fourth-order valence-electron chi connectivity index (χ4n) is 1.62. The number of H-pyrrole nitrogens is 1. The van der Waals surface area contributed by atoms with Crippen molar-refractivity contribution in [1.29, 1.82) is 10.5 Å². The van der Waals surface area contributed by atoms with Crippen molar-refractivity contribution in [2.75, 3.05) is 0 Å². The highest BCUT2D eigenvalue weighted by Gasteiger charge is 2.15. The number of allylic oxidation sites excluding steroid dienone is 1. The second kappa shape index (κ2) is 4.40. The van der Waals surface area contributed by atoms with E-state index >= 15 is 0 Å². The van der Waals surface area contributed by atoms with Crippen molar-refractivity contribution in [2.24, 2.45) is 0 Å². The largest absolute Gasteiger partial charge is 0.476 e. The highest BCUT2D eigenvalue weighted by atomic mass is 16.4. The number of carbonyl (C=O) groups is 1. The molecule has 0 saturated heterocycles. The van der Waals surface area contributed by atoms with Gasteiger partial charge in [0, 0.05) is 5.39 Å². The monoisotopic (exact) mass is 238 g/mol. The number of carboxylic acid groups (broad SMARTS) is 1. The minimum Gasteiger partial charge on any atom is -0.476 e. The van der Waals surface area contributed by atoms with Crippen molar-refractivity contribution in [3.63, 3.8) is 0 Å². The summed E-state index contributed by atoms with van der Waals surface area (Å²) < 4.78 is 0. The molecule has 6 heteroatoms. The van der Waals surface area contributed by atoms with E-state index in [1.165, 1.54) is 6.08 Å². The second-order valence-electron chi connectivity index (χ2n) is 3.43. The first-order chi connectivity index (χ1) is 8.67. The van der Waals surface area contributed by atoms with E-state index in [0.717, 1.165) is 0 Å². The number of nitrogens with zero attached hydrogens (tertiary/aromatic N) is 3. The van der Waals surface area contributed by atoms with Gasteiger partial charge in [0.25, 0.3) is 0 Å². The molecule has 0 aliphatic heterocycles. The lowest BCUT2D eigenvalue weighted by atomic mass is 10.1. The third-order valence-electron chi connectivity index (χ3n) is 2.36. The van der Waals surface area contributed by atoms with Crippen LogP contribution in [0.15, 0.2) is 23.8 Å². The normalized spacial score (nSPS) is 9.44. The molecule has 0 bridgehead atoms. The van der Waals surface area contributed by atoms with Crippen LogP contribution in [0.5, 0.6) is 0 Å². The van der Waals surface area contributed by atoms with Crippen molar-refractivity contribution in [3.05, 3.63) is 35.0 Å². The molecule has 0 saturated carbocycles. The first-order valence-electron chi connectivity index (χ1n) is 4.89. The molecular formula is C12H6N4O2. The zero-order valence-electron chi connectivity index (χ0n) is 9.01. The van der Waals surface area contributed by atoms with E-state index in [4.69, 9.17) is 15.6 Å². The molecule has 0 amide bonds. The lowest BCUT2D eigenvalue weighted by Gasteiger charge is -1.97. The Kier molecular flexibility index (Phi) is 2.78. The number of rotatable bonds is 2. The van der Waals surface area contributed by atoms with Crippen LogP contribution in [0, 0.1) is 22.7 Å². The van der Waals surface area contributed by atoms with E-state index in [2.05, 4.69) is 10.2 Å². The summed E-state index contributed by atoms with van der Waals surface area (Å²) in [6.07, 6.45) is 1.34. The first-order valence-corrected chi connectivity index (χ1v) is 4.89. The van der Waals surface area contributed by atoms with Crippen LogP contribution < -0.4 is 0 Å². The number of aromatic nitrogens is 2. The van der Waals surface area contributed by atoms with Crippen LogP contribution in [0.4, 0.5) is 0 Å². The number of hydrogen-bond acceptors (Lipinski definition) is 4. The number of hydrogen-bond donors (Lipinski definition) is 2. The Morgan fingerprint density at radius 1 is 1.39 bits per heavy atom. The van der Waals surface area contributed by atoms with Crippen LogP contribution >= 0.6 is 0 Å². The van der Waals surface area contributed by atoms with Gasteiger partial charge < -0.3 is 5.11 Å². The van der Waals surface area contributed by atoms with Gasteiger partial charge in [-0.1, -0.05) is 12.1 Å². The number of carboxylic acids is 1. The first kappa shape index (κ1) is 11.4. The van der Waals surface area contributed by atoms with Crippen molar-refractivity contribution < 1.29 is 9.90 Å². The van der Waals surface area contributed by atoms with E-state index in [1.807, 2.05) is 0 Å². The number of nitriles is 2. The number of benzene rings is 1. The van der Waals surface area contributed by atoms with Crippen molar-refractivity contribution >= 4 is 22.9 Å². The molecule has 1 aromatic carbocycles. The van der Waals surface area contributed by atoms with E-state index < -0.39 is 5.97 Å². The lowest BCUT2D eigenvalue weighted by Crippen LogP contribution is -1.97. The fraction of sp³-hybridized carbons (Fsp3) is 0. The molecule has 0 spiro atoms. The molecule has 2 N–H and O–H groups in total. The Labute approximate surface area is 101 Å². The third-order valence-corrected chi connectivity index (χ3v) is 2.36. The fourth-order valence-corrected chi connectivity index (χ4v) is 1.62. The molecule has 2 rings (SSSR count). The molecule has 0 radical (unpaired) electrons. The molecule has 0 atom stereocenters. The minimum absolute atomic E-state index is 0.0972. The molecule has 6 nitrogen and oxygen atoms in total. The van der Waals surface area contributed by atoms with Gasteiger partial charge in [0.2, 0.25) is 0 Å². The highest BCUT2D eigenvalue weighted by Crippen LogP contribution is 2.22. The van der Waals surface area contributed by atoms with Gasteiger partial charge in [-0.2, -0.15) is 15.6 Å². The third kappa shape index (κ3) is 1.79. The van der Waals surface area contributed by atoms with Gasteiger partial charge in [-0.3, -0.25) is 5.10 Å². The Bertz CT molecular complexity index is 728. The topological polar surface area (TPSA) is 114 Å². The average molecular weight is 238 g/mol. The predicted molar refractivity (Wildman–Crippen MR) is 62.3 cm³/mol. The standard InChI is InChI=1S/C12H6N4O2/c13-5-7(6-14)4-8-2-1-3-9-10(8)11(12(17)18)16-15-9/h1-4H,(H,15,16)(H,17,18). The van der Waals surface area contributed by atoms with Gasteiger partial charge in [0.05, 0.1) is 5.52 Å². The van der Waals surface area contributed by atoms with E-state index in [-0.39, 0.29) is 11.3 Å². The zero-order valence-corrected chi connectivity index (χ0v) is 9.01. The predicted octanol–water partition coefficient (Wildman–Crippen LogP) is 1.69. The maximum atomic E-state index is 11.0. The molecule has 0 fully saturated rings. The number of aromatic amines is 1. The van der Waals surface area contributed by atoms with Crippen LogP contribution in [-0.2, 0) is 0 Å². The smallest absolute Gasteiger partial charge is 0.357 e. The number of nitrogens with one attached hydrogen (secondary N) is 1. The molecule has 18 heavy (non-hydrogen) atoms. The highest BCUT2D eigenvalue weighted by molar-refractivity contribution is 6.04. The summed E-state index contributed by atoms with van der Waals surface area (Å²) >= 11 is 0. The van der Waals surface area contributed by atoms with Gasteiger partial charge in [0.15, 0.2) is 5.69 Å². The number of fused-ring (bicyclic) bond motifs is 1. The molecule has 1 aromatic heterocycles. The summed E-state index contributed by atoms with van der Waals surface area (Å²) in [6.45, 7) is 0. The Hall–Kier alpha value is -3.12. The molecule has 86 valence electrons. The van der Waals surface area contributed by atoms with Crippen LogP contribution in [0.2, 0.25) is 0 Å². The average Bonchev–Trinajstić information content (AvgIpc) is 2.80. The van der Waals surface area contributed by atoms with Gasteiger partial charge in [-0.15, -0.1) is 0 Å². The molecule has 0 aliphatic rings. The summed E-state index contributed by atoms with van der Waals surface area (Å²) in [4.78, 5) is 11.0. The Morgan fingerprint density at radius 3 is 2.72 bits per heavy atom. The summed E-state index contributed by atoms with van der Waals surface area (Å²) in [5.41, 5.74) is 0.778. The summed E-state index contributed by atoms with van der Waals surface area (Å²) in [6, 6.07) is 8.44. The van der Waals surface area contributed by atoms with Crippen molar-refractivity contribution in [3.8, 4) is 12.1 Å². The van der Waals surface area contributed by atoms with Crippen LogP contribution in [0.25, 0.3) is 17.0 Å². The van der Waals surface area contributed by atoms with Gasteiger partial charge >= 0.3 is 5.97 Å². The molecule has 1 heterocycles. The SMILES string of the molecule is N#CC(C#N)=Cc1cccc2[nH]nc(C(=O)O)c12. The Morgan fingerprint density at radius 2 is 2.11 bits per heavy atom. The molecule has 0 unspecified atom stereocenters. The van der Waals surface area contributed by atoms with Crippen LogP contribution in [0.1, 0.15) is 16.1 Å². The lowest BCUT2D eigenvalue weighted by molar-refractivity contribution is 0.0692. The summed E-state index contributed by atoms with van der Waals surface area (Å²) in [5, 5.41) is 33.1. The van der Waals surface area contributed by atoms with E-state index in [0.29, 0.717) is 16.5 Å². The van der Waals surface area contributed by atoms with Crippen molar-refractivity contribution in [1.82, 2.24) is 10.2 Å². The zero-order chi connectivity index (χ0) is 13.1. The van der Waals surface area contributed by atoms with E-state index in [9.17, 15) is 4.79 Å². The van der Waals surface area contributed by atoms with Crippen LogP contribution in [-0.4, -0.2) is 21.3 Å².